The van der Waals surface area contributed by atoms with Crippen molar-refractivity contribution in [3.8, 4) is 5.75 Å². The number of rotatable bonds is 13. The fourth-order valence-corrected chi connectivity index (χ4v) is 10.9. The number of carboxylic acid groups (broad SMARTS) is 1. The number of nitrogens with one attached hydrogen (secondary N) is 3. The summed E-state index contributed by atoms with van der Waals surface area (Å²) in [5, 5.41) is 18.4. The highest BCUT2D eigenvalue weighted by Gasteiger charge is 2.46. The maximum atomic E-state index is 14.9. The van der Waals surface area contributed by atoms with Crippen molar-refractivity contribution in [1.29, 1.82) is 0 Å². The summed E-state index contributed by atoms with van der Waals surface area (Å²) in [7, 11) is 8.26. The third-order valence-corrected chi connectivity index (χ3v) is 15.9. The third kappa shape index (κ3) is 17.6. The van der Waals surface area contributed by atoms with Crippen molar-refractivity contribution in [2.75, 3.05) is 55.4 Å². The molecule has 1 aromatic rings. The topological polar surface area (TPSA) is 282 Å². The summed E-state index contributed by atoms with van der Waals surface area (Å²) in [5.74, 6) is -11.6. The summed E-state index contributed by atoms with van der Waals surface area (Å²) in [6.45, 7) is 20.1. The van der Waals surface area contributed by atoms with E-state index >= 15 is 0 Å². The van der Waals surface area contributed by atoms with Crippen molar-refractivity contribution < 1.29 is 67.3 Å². The minimum absolute atomic E-state index is 0.0525. The van der Waals surface area contributed by atoms with Crippen LogP contribution in [0.1, 0.15) is 127 Å². The Morgan fingerprint density at radius 3 is 1.68 bits per heavy atom. The molecule has 0 aliphatic carbocycles. The molecule has 2 fully saturated rings. The molecule has 2 aliphatic rings. The Kier molecular flexibility index (Phi) is 26.3. The first-order valence-corrected chi connectivity index (χ1v) is 28.8. The van der Waals surface area contributed by atoms with E-state index < -0.39 is 162 Å². The molecule has 82 heavy (non-hydrogen) atoms. The monoisotopic (exact) mass is 1150 g/mol. The van der Waals surface area contributed by atoms with Crippen molar-refractivity contribution in [3.63, 3.8) is 0 Å². The van der Waals surface area contributed by atoms with Crippen LogP contribution in [0.4, 0.5) is 0 Å². The van der Waals surface area contributed by atoms with Gasteiger partial charge in [-0.15, -0.1) is 0 Å². The van der Waals surface area contributed by atoms with E-state index in [-0.39, 0.29) is 31.7 Å². The number of piperidine rings is 1. The number of ether oxygens (including phenoxy) is 2. The van der Waals surface area contributed by atoms with Crippen LogP contribution < -0.4 is 20.7 Å². The van der Waals surface area contributed by atoms with Gasteiger partial charge < -0.3 is 59.9 Å². The van der Waals surface area contributed by atoms with Gasteiger partial charge >= 0.3 is 11.9 Å². The van der Waals surface area contributed by atoms with E-state index in [0.717, 1.165) is 14.7 Å². The summed E-state index contributed by atoms with van der Waals surface area (Å²) in [5.41, 5.74) is 0.584. The standard InChI is InChI=1S/C59H95N9O14/c1-19-37(12)49-51(72)60-31-44(69)65(15)47(34(6)7)52(73)61-40(29-38-23-25-39(81-18)26-24-38)59(80)82-50(36(10)11)58(79)68-27-21-20-22-41(68)54(75)66(16)48(35(8)9)53(74)62-46(33(4)5)57(78)64(14)43(30-45(70)71)55(76)63(13)42(28-32(2)3)56(77)67(49)17/h23-26,32-37,40-43,46-50H,19-22,27-31H2,1-18H3,(H,60,72)(H,61,73)(H,62,74)(H,70,71)/t37-,40-,41-,42-,43-,46-,47-,48-,49-,50+/m0/s1. The van der Waals surface area contributed by atoms with E-state index in [1.54, 1.807) is 86.6 Å². The van der Waals surface area contributed by atoms with Crippen LogP contribution in [0.3, 0.4) is 0 Å². The van der Waals surface area contributed by atoms with Crippen LogP contribution in [-0.2, 0) is 63.9 Å². The molecule has 0 saturated carbocycles. The van der Waals surface area contributed by atoms with Crippen molar-refractivity contribution in [1.82, 2.24) is 45.3 Å². The minimum Gasteiger partial charge on any atom is -0.497 e. The lowest BCUT2D eigenvalue weighted by Gasteiger charge is -2.41. The summed E-state index contributed by atoms with van der Waals surface area (Å²) < 4.78 is 11.4. The second-order valence-electron chi connectivity index (χ2n) is 24.0. The Bertz CT molecular complexity index is 2430. The number of esters is 1. The number of carbonyl (C=O) groups excluding carboxylic acids is 10. The van der Waals surface area contributed by atoms with Gasteiger partial charge in [0.1, 0.15) is 54.1 Å². The van der Waals surface area contributed by atoms with Gasteiger partial charge in [-0.05, 0) is 78.9 Å². The van der Waals surface area contributed by atoms with Gasteiger partial charge in [-0.3, -0.25) is 47.9 Å². The molecule has 4 N–H and O–H groups in total. The van der Waals surface area contributed by atoms with Crippen LogP contribution >= 0.6 is 0 Å². The zero-order chi connectivity index (χ0) is 62.4. The first kappa shape index (κ1) is 69.5. The molecular formula is C59H95N9O14. The summed E-state index contributed by atoms with van der Waals surface area (Å²) in [6, 6.07) is -3.76. The average molecular weight is 1150 g/mol. The number of fused-ring (bicyclic) bond motifs is 1. The van der Waals surface area contributed by atoms with Crippen molar-refractivity contribution in [2.45, 2.75) is 182 Å². The van der Waals surface area contributed by atoms with Gasteiger partial charge in [-0.2, -0.15) is 0 Å². The lowest BCUT2D eigenvalue weighted by Crippen LogP contribution is -2.63. The van der Waals surface area contributed by atoms with E-state index in [2.05, 4.69) is 16.0 Å². The van der Waals surface area contributed by atoms with Crippen molar-refractivity contribution >= 4 is 65.1 Å². The molecule has 9 amide bonds. The Labute approximate surface area is 485 Å². The zero-order valence-corrected chi connectivity index (χ0v) is 51.8. The van der Waals surface area contributed by atoms with Crippen LogP contribution in [-0.4, -0.2) is 209 Å². The molecule has 2 saturated heterocycles. The SMILES string of the molecule is CC[C@H](C)[C@H]1C(=O)NCC(=O)N(C)[C@@H](C(C)C)C(=O)N[C@@H](Cc2ccc(OC)cc2)C(=O)O[C@H](C(C)C)C(=O)N2CCCC[C@H]2C(=O)N(C)[C@@H](C(C)C)C(=O)N[C@@H](C(C)C)C(=O)N(C)[C@@H](CC(=O)O)C(=O)N(C)[C@@H](CC(C)C)C(=O)N1C. The third-order valence-electron chi connectivity index (χ3n) is 15.9. The average Bonchev–Trinajstić information content (AvgIpc) is 3.54. The van der Waals surface area contributed by atoms with E-state index in [4.69, 9.17) is 9.47 Å². The number of carbonyl (C=O) groups is 11. The second kappa shape index (κ2) is 31.0. The summed E-state index contributed by atoms with van der Waals surface area (Å²) in [4.78, 5) is 166. The highest BCUT2D eigenvalue weighted by molar-refractivity contribution is 5.99. The summed E-state index contributed by atoms with van der Waals surface area (Å²) in [6.07, 6.45) is -0.770. The second-order valence-corrected chi connectivity index (χ2v) is 24.0. The van der Waals surface area contributed by atoms with Gasteiger partial charge in [-0.1, -0.05) is 102 Å². The lowest BCUT2D eigenvalue weighted by atomic mass is 9.94. The first-order valence-electron chi connectivity index (χ1n) is 28.8. The molecule has 0 spiro atoms. The molecule has 2 aliphatic heterocycles. The largest absolute Gasteiger partial charge is 0.497 e. The molecule has 2 heterocycles. The van der Waals surface area contributed by atoms with E-state index in [9.17, 15) is 57.8 Å². The quantitative estimate of drug-likeness (QED) is 0.207. The van der Waals surface area contributed by atoms with Gasteiger partial charge in [0.25, 0.3) is 5.91 Å². The highest BCUT2D eigenvalue weighted by atomic mass is 16.6. The fraction of sp³-hybridized carbons (Fsp3) is 0.712. The Hall–Kier alpha value is -6.81. The predicted molar refractivity (Wildman–Crippen MR) is 306 cm³/mol. The maximum Gasteiger partial charge on any atom is 0.329 e. The molecule has 460 valence electrons. The molecule has 23 nitrogen and oxygen atoms in total. The normalized spacial score (nSPS) is 26.1. The fourth-order valence-electron chi connectivity index (χ4n) is 10.9. The minimum atomic E-state index is -1.69. The lowest BCUT2D eigenvalue weighted by molar-refractivity contribution is -0.169. The van der Waals surface area contributed by atoms with Crippen LogP contribution in [0.2, 0.25) is 0 Å². The number of hydrogen-bond acceptors (Lipinski definition) is 13. The molecule has 0 aromatic heterocycles. The van der Waals surface area contributed by atoms with Crippen LogP contribution in [0, 0.1) is 35.5 Å². The highest BCUT2D eigenvalue weighted by Crippen LogP contribution is 2.27. The van der Waals surface area contributed by atoms with E-state index in [1.165, 1.54) is 57.0 Å². The Morgan fingerprint density at radius 1 is 0.634 bits per heavy atom. The first-order chi connectivity index (χ1) is 38.2. The Balaban J connectivity index is 2.31. The molecule has 0 bridgehead atoms. The number of cyclic esters (lactones) is 1. The number of hydrogen-bond donors (Lipinski definition) is 4. The molecule has 23 heteroatoms. The molecular weight excluding hydrogens is 1060 g/mol. The molecule has 10 atom stereocenters. The van der Waals surface area contributed by atoms with Gasteiger partial charge in [0.15, 0.2) is 6.10 Å². The smallest absolute Gasteiger partial charge is 0.329 e. The van der Waals surface area contributed by atoms with Gasteiger partial charge in [0.05, 0.1) is 20.1 Å². The molecule has 0 unspecified atom stereocenters. The van der Waals surface area contributed by atoms with E-state index in [1.807, 2.05) is 20.8 Å². The van der Waals surface area contributed by atoms with Crippen LogP contribution in [0.15, 0.2) is 24.3 Å². The summed E-state index contributed by atoms with van der Waals surface area (Å²) >= 11 is 0. The molecule has 1 aromatic carbocycles. The van der Waals surface area contributed by atoms with Crippen molar-refractivity contribution in [3.05, 3.63) is 29.8 Å². The number of carboxylic acids is 1. The van der Waals surface area contributed by atoms with E-state index in [0.29, 0.717) is 30.6 Å². The predicted octanol–water partition coefficient (Wildman–Crippen LogP) is 2.96. The van der Waals surface area contributed by atoms with Crippen molar-refractivity contribution in [2.24, 2.45) is 35.5 Å². The number of nitrogens with zero attached hydrogens (tertiary/aromatic N) is 6. The number of amides is 9. The number of aliphatic carboxylic acids is 1. The van der Waals surface area contributed by atoms with Crippen LogP contribution in [0.5, 0.6) is 5.75 Å². The number of likely N-dealkylation sites (N-methyl/N-ethyl adjacent to an activating group) is 5. The van der Waals surface area contributed by atoms with Gasteiger partial charge in [0, 0.05) is 48.2 Å². The molecule has 3 rings (SSSR count). The number of benzene rings is 1. The van der Waals surface area contributed by atoms with Gasteiger partial charge in [-0.25, -0.2) is 4.79 Å². The molecule has 0 radical (unpaired) electrons. The van der Waals surface area contributed by atoms with Gasteiger partial charge in [0.2, 0.25) is 47.3 Å². The maximum absolute atomic E-state index is 14.9. The zero-order valence-electron chi connectivity index (χ0n) is 51.8. The number of methoxy groups -OCH3 is 1. The van der Waals surface area contributed by atoms with Crippen LogP contribution in [0.25, 0.3) is 0 Å². The Morgan fingerprint density at radius 2 is 1.17 bits per heavy atom.